The first kappa shape index (κ1) is 12.5. The van der Waals surface area contributed by atoms with E-state index in [0.717, 1.165) is 23.5 Å². The van der Waals surface area contributed by atoms with E-state index in [9.17, 15) is 0 Å². The van der Waals surface area contributed by atoms with Crippen molar-refractivity contribution in [3.8, 4) is 11.5 Å². The molecule has 3 atom stereocenters. The number of benzene rings is 1. The zero-order valence-corrected chi connectivity index (χ0v) is 12.4. The largest absolute Gasteiger partial charge is 0.493 e. The fraction of sp³-hybridized carbons (Fsp3) is 0.647. The number of methoxy groups -OCH3 is 2. The van der Waals surface area contributed by atoms with Crippen LogP contribution in [0.4, 0.5) is 0 Å². The van der Waals surface area contributed by atoms with Gasteiger partial charge in [-0.05, 0) is 61.4 Å². The highest BCUT2D eigenvalue weighted by Crippen LogP contribution is 2.52. The fourth-order valence-electron chi connectivity index (χ4n) is 4.69. The lowest BCUT2D eigenvalue weighted by atomic mass is 9.97. The van der Waals surface area contributed by atoms with Crippen molar-refractivity contribution in [1.29, 1.82) is 0 Å². The molecule has 0 saturated carbocycles. The van der Waals surface area contributed by atoms with Gasteiger partial charge < -0.3 is 9.47 Å². The van der Waals surface area contributed by atoms with Gasteiger partial charge in [0.1, 0.15) is 0 Å². The SMILES string of the molecule is COc1cc2c(cc1OC)[C@@H]1[C@H](C2)C[C@H]2CCCCN21. The number of hydrogen-bond donors (Lipinski definition) is 0. The summed E-state index contributed by atoms with van der Waals surface area (Å²) in [5, 5.41) is 0. The van der Waals surface area contributed by atoms with Crippen molar-refractivity contribution in [3.05, 3.63) is 23.3 Å². The molecule has 2 fully saturated rings. The monoisotopic (exact) mass is 273 g/mol. The topological polar surface area (TPSA) is 21.7 Å². The fourth-order valence-corrected chi connectivity index (χ4v) is 4.69. The Kier molecular flexibility index (Phi) is 2.92. The normalized spacial score (nSPS) is 31.6. The van der Waals surface area contributed by atoms with Crippen molar-refractivity contribution in [2.45, 2.75) is 44.2 Å². The second-order valence-corrected chi connectivity index (χ2v) is 6.44. The Balaban J connectivity index is 1.74. The molecule has 0 N–H and O–H groups in total. The predicted molar refractivity (Wildman–Crippen MR) is 78.4 cm³/mol. The molecule has 4 rings (SSSR count). The van der Waals surface area contributed by atoms with E-state index in [1.807, 2.05) is 0 Å². The summed E-state index contributed by atoms with van der Waals surface area (Å²) >= 11 is 0. The summed E-state index contributed by atoms with van der Waals surface area (Å²) in [5.41, 5.74) is 2.97. The number of rotatable bonds is 2. The summed E-state index contributed by atoms with van der Waals surface area (Å²) in [6, 6.07) is 5.90. The van der Waals surface area contributed by atoms with Gasteiger partial charge in [0.15, 0.2) is 11.5 Å². The lowest BCUT2D eigenvalue weighted by Gasteiger charge is -2.34. The van der Waals surface area contributed by atoms with E-state index in [1.165, 1.54) is 49.8 Å². The quantitative estimate of drug-likeness (QED) is 0.826. The Morgan fingerprint density at radius 1 is 1.10 bits per heavy atom. The molecular formula is C17H23NO2. The molecule has 0 radical (unpaired) electrons. The second-order valence-electron chi connectivity index (χ2n) is 6.44. The van der Waals surface area contributed by atoms with Crippen molar-refractivity contribution in [3.63, 3.8) is 0 Å². The Labute approximate surface area is 120 Å². The van der Waals surface area contributed by atoms with Crippen LogP contribution in [0.5, 0.6) is 11.5 Å². The number of nitrogens with zero attached hydrogens (tertiary/aromatic N) is 1. The van der Waals surface area contributed by atoms with E-state index in [2.05, 4.69) is 17.0 Å². The van der Waals surface area contributed by atoms with Crippen LogP contribution in [0.1, 0.15) is 42.9 Å². The first-order valence-corrected chi connectivity index (χ1v) is 7.82. The number of piperidine rings is 1. The van der Waals surface area contributed by atoms with Crippen LogP contribution < -0.4 is 9.47 Å². The van der Waals surface area contributed by atoms with Gasteiger partial charge >= 0.3 is 0 Å². The van der Waals surface area contributed by atoms with Gasteiger partial charge in [0.05, 0.1) is 14.2 Å². The maximum absolute atomic E-state index is 5.50. The zero-order valence-electron chi connectivity index (χ0n) is 12.4. The molecule has 1 aromatic carbocycles. The smallest absolute Gasteiger partial charge is 0.161 e. The highest BCUT2D eigenvalue weighted by atomic mass is 16.5. The van der Waals surface area contributed by atoms with Crippen LogP contribution in [0.15, 0.2) is 12.1 Å². The standard InChI is InChI=1S/C17H23NO2/c1-19-15-9-11-7-12-8-13-5-3-4-6-18(13)17(12)14(11)10-16(15)20-2/h9-10,12-13,17H,3-8H2,1-2H3/t12-,13-,17+/m1/s1. The molecule has 2 heterocycles. The third-order valence-electron chi connectivity index (χ3n) is 5.50. The summed E-state index contributed by atoms with van der Waals surface area (Å²) in [6.45, 7) is 1.28. The van der Waals surface area contributed by atoms with Gasteiger partial charge in [-0.25, -0.2) is 0 Å². The minimum atomic E-state index is 0.634. The van der Waals surface area contributed by atoms with Crippen molar-refractivity contribution < 1.29 is 9.47 Å². The molecule has 0 unspecified atom stereocenters. The van der Waals surface area contributed by atoms with Gasteiger partial charge in [0, 0.05) is 12.1 Å². The van der Waals surface area contributed by atoms with E-state index >= 15 is 0 Å². The molecule has 3 nitrogen and oxygen atoms in total. The molecular weight excluding hydrogens is 250 g/mol. The third kappa shape index (κ3) is 1.69. The van der Waals surface area contributed by atoms with E-state index in [1.54, 1.807) is 14.2 Å². The van der Waals surface area contributed by atoms with Gasteiger partial charge in [-0.1, -0.05) is 6.42 Å². The summed E-state index contributed by atoms with van der Waals surface area (Å²) < 4.78 is 11.0. The molecule has 108 valence electrons. The number of fused-ring (bicyclic) bond motifs is 5. The first-order chi connectivity index (χ1) is 9.81. The molecule has 2 aliphatic heterocycles. The van der Waals surface area contributed by atoms with Gasteiger partial charge in [0.2, 0.25) is 0 Å². The highest BCUT2D eigenvalue weighted by molar-refractivity contribution is 5.51. The lowest BCUT2D eigenvalue weighted by Crippen LogP contribution is -2.35. The molecule has 0 bridgehead atoms. The molecule has 3 aliphatic rings. The predicted octanol–water partition coefficient (Wildman–Crippen LogP) is 3.18. The van der Waals surface area contributed by atoms with Crippen molar-refractivity contribution in [2.75, 3.05) is 20.8 Å². The summed E-state index contributed by atoms with van der Waals surface area (Å²) in [7, 11) is 3.45. The number of ether oxygens (including phenoxy) is 2. The molecule has 0 spiro atoms. The Morgan fingerprint density at radius 3 is 2.70 bits per heavy atom. The molecule has 3 heteroatoms. The minimum absolute atomic E-state index is 0.634. The first-order valence-electron chi connectivity index (χ1n) is 7.82. The maximum Gasteiger partial charge on any atom is 0.161 e. The summed E-state index contributed by atoms with van der Waals surface area (Å²) in [4.78, 5) is 2.77. The van der Waals surface area contributed by atoms with E-state index in [-0.39, 0.29) is 0 Å². The molecule has 2 saturated heterocycles. The number of hydrogen-bond acceptors (Lipinski definition) is 3. The van der Waals surface area contributed by atoms with Gasteiger partial charge in [0.25, 0.3) is 0 Å². The average Bonchev–Trinajstić information content (AvgIpc) is 3.00. The highest BCUT2D eigenvalue weighted by Gasteiger charge is 2.47. The summed E-state index contributed by atoms with van der Waals surface area (Å²) in [6.07, 6.45) is 6.77. The van der Waals surface area contributed by atoms with Crippen LogP contribution in [0.2, 0.25) is 0 Å². The van der Waals surface area contributed by atoms with Crippen molar-refractivity contribution in [2.24, 2.45) is 5.92 Å². The van der Waals surface area contributed by atoms with Crippen LogP contribution in [-0.2, 0) is 6.42 Å². The maximum atomic E-state index is 5.50. The Hall–Kier alpha value is -1.22. The second kappa shape index (κ2) is 4.66. The van der Waals surface area contributed by atoms with Crippen LogP contribution >= 0.6 is 0 Å². The van der Waals surface area contributed by atoms with E-state index < -0.39 is 0 Å². The van der Waals surface area contributed by atoms with Crippen LogP contribution in [0.3, 0.4) is 0 Å². The van der Waals surface area contributed by atoms with E-state index in [4.69, 9.17) is 9.47 Å². The molecule has 1 aliphatic carbocycles. The van der Waals surface area contributed by atoms with Crippen LogP contribution in [0, 0.1) is 5.92 Å². The third-order valence-corrected chi connectivity index (χ3v) is 5.50. The molecule has 20 heavy (non-hydrogen) atoms. The molecule has 0 amide bonds. The van der Waals surface area contributed by atoms with Gasteiger partial charge in [-0.2, -0.15) is 0 Å². The van der Waals surface area contributed by atoms with Crippen LogP contribution in [0.25, 0.3) is 0 Å². The summed E-state index contributed by atoms with van der Waals surface area (Å²) in [5.74, 6) is 2.57. The average molecular weight is 273 g/mol. The molecule has 1 aromatic rings. The van der Waals surface area contributed by atoms with E-state index in [0.29, 0.717) is 6.04 Å². The van der Waals surface area contributed by atoms with Crippen molar-refractivity contribution in [1.82, 2.24) is 4.90 Å². The minimum Gasteiger partial charge on any atom is -0.493 e. The zero-order chi connectivity index (χ0) is 13.7. The van der Waals surface area contributed by atoms with Gasteiger partial charge in [-0.15, -0.1) is 0 Å². The van der Waals surface area contributed by atoms with Gasteiger partial charge in [-0.3, -0.25) is 4.90 Å². The Bertz CT molecular complexity index is 528. The Morgan fingerprint density at radius 2 is 1.90 bits per heavy atom. The lowest BCUT2D eigenvalue weighted by molar-refractivity contribution is 0.145. The van der Waals surface area contributed by atoms with Crippen molar-refractivity contribution >= 4 is 0 Å². The molecule has 0 aromatic heterocycles. The van der Waals surface area contributed by atoms with Crippen LogP contribution in [-0.4, -0.2) is 31.7 Å².